The van der Waals surface area contributed by atoms with Gasteiger partial charge in [-0.05, 0) is 33.9 Å². The van der Waals surface area contributed by atoms with Crippen LogP contribution in [0.2, 0.25) is 0 Å². The molecule has 0 aliphatic carbocycles. The molecule has 2 aromatic rings. The molecule has 1 nitrogen and oxygen atoms in total. The summed E-state index contributed by atoms with van der Waals surface area (Å²) in [5.74, 6) is -2.72. The van der Waals surface area contributed by atoms with Gasteiger partial charge in [-0.1, -0.05) is 0 Å². The van der Waals surface area contributed by atoms with Crippen molar-refractivity contribution < 1.29 is 13.2 Å². The zero-order chi connectivity index (χ0) is 13.3. The van der Waals surface area contributed by atoms with Crippen LogP contribution in [0.4, 0.5) is 13.2 Å². The molecule has 1 atom stereocenters. The minimum atomic E-state index is -0.923. The lowest BCUT2D eigenvalue weighted by Gasteiger charge is -2.18. The molecule has 1 heterocycles. The fourth-order valence-corrected chi connectivity index (χ4v) is 3.33. The van der Waals surface area contributed by atoms with Crippen molar-refractivity contribution in [2.45, 2.75) is 6.04 Å². The standard InChI is InChI=1S/C12H9BrF3NS/c1-17-12(7-4-18-5-8(7)13)11-9(15)2-6(14)3-10(11)16/h2-5,12,17H,1H3. The molecule has 0 saturated carbocycles. The van der Waals surface area contributed by atoms with Gasteiger partial charge in [0.1, 0.15) is 17.5 Å². The Kier molecular flexibility index (Phi) is 4.09. The zero-order valence-corrected chi connectivity index (χ0v) is 11.7. The van der Waals surface area contributed by atoms with Gasteiger partial charge in [0.15, 0.2) is 0 Å². The lowest BCUT2D eigenvalue weighted by molar-refractivity contribution is 0.500. The minimum Gasteiger partial charge on any atom is -0.309 e. The Bertz CT molecular complexity index is 547. The molecule has 0 fully saturated rings. The van der Waals surface area contributed by atoms with Gasteiger partial charge in [0.05, 0.1) is 6.04 Å². The van der Waals surface area contributed by atoms with Crippen LogP contribution >= 0.6 is 27.3 Å². The van der Waals surface area contributed by atoms with E-state index in [1.807, 2.05) is 5.38 Å². The van der Waals surface area contributed by atoms with Crippen LogP contribution in [-0.4, -0.2) is 7.05 Å². The quantitative estimate of drug-likeness (QED) is 0.884. The third-order valence-corrected chi connectivity index (χ3v) is 4.33. The summed E-state index contributed by atoms with van der Waals surface area (Å²) in [6.07, 6.45) is 0. The first-order valence-electron chi connectivity index (χ1n) is 5.08. The smallest absolute Gasteiger partial charge is 0.134 e. The van der Waals surface area contributed by atoms with Crippen LogP contribution in [0.3, 0.4) is 0 Å². The summed E-state index contributed by atoms with van der Waals surface area (Å²) in [6, 6.07) is 0.706. The highest BCUT2D eigenvalue weighted by atomic mass is 79.9. The number of halogens is 4. The van der Waals surface area contributed by atoms with E-state index in [2.05, 4.69) is 21.2 Å². The maximum Gasteiger partial charge on any atom is 0.134 e. The summed E-state index contributed by atoms with van der Waals surface area (Å²) in [4.78, 5) is 0. The van der Waals surface area contributed by atoms with Crippen molar-refractivity contribution in [3.05, 3.63) is 55.9 Å². The van der Waals surface area contributed by atoms with E-state index < -0.39 is 23.5 Å². The third kappa shape index (κ3) is 2.46. The Balaban J connectivity index is 2.56. The van der Waals surface area contributed by atoms with Crippen molar-refractivity contribution in [2.75, 3.05) is 7.05 Å². The van der Waals surface area contributed by atoms with Crippen molar-refractivity contribution in [1.29, 1.82) is 0 Å². The van der Waals surface area contributed by atoms with Crippen LogP contribution in [0.5, 0.6) is 0 Å². The van der Waals surface area contributed by atoms with Crippen LogP contribution in [0, 0.1) is 17.5 Å². The van der Waals surface area contributed by atoms with Crippen LogP contribution < -0.4 is 5.32 Å². The molecule has 96 valence electrons. The Hall–Kier alpha value is -0.850. The molecule has 1 aromatic carbocycles. The van der Waals surface area contributed by atoms with Crippen LogP contribution in [0.15, 0.2) is 27.4 Å². The third-order valence-electron chi connectivity index (χ3n) is 2.57. The van der Waals surface area contributed by atoms with Gasteiger partial charge in [-0.3, -0.25) is 0 Å². The van der Waals surface area contributed by atoms with Crippen molar-refractivity contribution in [3.8, 4) is 0 Å². The summed E-state index contributed by atoms with van der Waals surface area (Å²) < 4.78 is 41.1. The van der Waals surface area contributed by atoms with Gasteiger partial charge in [0, 0.05) is 27.5 Å². The molecular formula is C12H9BrF3NS. The summed E-state index contributed by atoms with van der Waals surface area (Å²) in [5.41, 5.74) is 0.532. The van der Waals surface area contributed by atoms with Crippen molar-refractivity contribution >= 4 is 27.3 Å². The molecule has 1 aromatic heterocycles. The topological polar surface area (TPSA) is 12.0 Å². The average Bonchev–Trinajstić information content (AvgIpc) is 2.69. The largest absolute Gasteiger partial charge is 0.309 e. The van der Waals surface area contributed by atoms with Gasteiger partial charge in [-0.25, -0.2) is 13.2 Å². The molecule has 1 N–H and O–H groups in total. The summed E-state index contributed by atoms with van der Waals surface area (Å²) in [6.45, 7) is 0. The molecule has 0 bridgehead atoms. The molecule has 18 heavy (non-hydrogen) atoms. The van der Waals surface area contributed by atoms with E-state index in [4.69, 9.17) is 0 Å². The van der Waals surface area contributed by atoms with E-state index in [0.717, 1.165) is 4.47 Å². The van der Waals surface area contributed by atoms with E-state index in [0.29, 0.717) is 17.7 Å². The number of nitrogens with one attached hydrogen (secondary N) is 1. The Morgan fingerprint density at radius 1 is 1.17 bits per heavy atom. The van der Waals surface area contributed by atoms with E-state index in [9.17, 15) is 13.2 Å². The molecule has 0 aliphatic rings. The first-order valence-corrected chi connectivity index (χ1v) is 6.81. The van der Waals surface area contributed by atoms with Crippen LogP contribution in [0.1, 0.15) is 17.2 Å². The summed E-state index contributed by atoms with van der Waals surface area (Å²) >= 11 is 4.73. The highest BCUT2D eigenvalue weighted by molar-refractivity contribution is 9.10. The van der Waals surface area contributed by atoms with Crippen LogP contribution in [-0.2, 0) is 0 Å². The van der Waals surface area contributed by atoms with E-state index in [1.54, 1.807) is 12.4 Å². The van der Waals surface area contributed by atoms with Gasteiger partial charge >= 0.3 is 0 Å². The first-order chi connectivity index (χ1) is 8.54. The maximum atomic E-state index is 13.7. The normalized spacial score (nSPS) is 12.7. The van der Waals surface area contributed by atoms with E-state index in [1.165, 1.54) is 11.3 Å². The Morgan fingerprint density at radius 2 is 1.78 bits per heavy atom. The number of hydrogen-bond donors (Lipinski definition) is 1. The van der Waals surface area contributed by atoms with Crippen molar-refractivity contribution in [3.63, 3.8) is 0 Å². The van der Waals surface area contributed by atoms with Gasteiger partial charge in [0.25, 0.3) is 0 Å². The minimum absolute atomic E-state index is 0.182. The second-order valence-corrected chi connectivity index (χ2v) is 5.28. The molecule has 0 saturated heterocycles. The molecule has 0 radical (unpaired) electrons. The number of hydrogen-bond acceptors (Lipinski definition) is 2. The highest BCUT2D eigenvalue weighted by Gasteiger charge is 2.23. The Morgan fingerprint density at radius 3 is 2.22 bits per heavy atom. The fourth-order valence-electron chi connectivity index (χ4n) is 1.78. The molecule has 6 heteroatoms. The fraction of sp³-hybridized carbons (Fsp3) is 0.167. The van der Waals surface area contributed by atoms with Gasteiger partial charge in [0.2, 0.25) is 0 Å². The van der Waals surface area contributed by atoms with Crippen LogP contribution in [0.25, 0.3) is 0 Å². The highest BCUT2D eigenvalue weighted by Crippen LogP contribution is 2.33. The van der Waals surface area contributed by atoms with Gasteiger partial charge < -0.3 is 5.32 Å². The van der Waals surface area contributed by atoms with Gasteiger partial charge in [-0.2, -0.15) is 11.3 Å². The van der Waals surface area contributed by atoms with Crippen molar-refractivity contribution in [1.82, 2.24) is 5.32 Å². The molecule has 1 unspecified atom stereocenters. The molecule has 0 spiro atoms. The van der Waals surface area contributed by atoms with E-state index >= 15 is 0 Å². The zero-order valence-electron chi connectivity index (χ0n) is 9.31. The molecule has 0 amide bonds. The second kappa shape index (κ2) is 5.42. The summed E-state index contributed by atoms with van der Waals surface area (Å²) in [5, 5.41) is 6.44. The number of benzene rings is 1. The van der Waals surface area contributed by atoms with Gasteiger partial charge in [-0.15, -0.1) is 0 Å². The first kappa shape index (κ1) is 13.6. The lowest BCUT2D eigenvalue weighted by atomic mass is 10.00. The molecule has 0 aliphatic heterocycles. The maximum absolute atomic E-state index is 13.7. The number of rotatable bonds is 3. The predicted molar refractivity (Wildman–Crippen MR) is 69.2 cm³/mol. The Labute approximate surface area is 115 Å². The lowest BCUT2D eigenvalue weighted by Crippen LogP contribution is -2.20. The number of thiophene rings is 1. The SMILES string of the molecule is CNC(c1cscc1Br)c1c(F)cc(F)cc1F. The molecule has 2 rings (SSSR count). The predicted octanol–water partition coefficient (Wildman–Crippen LogP) is 4.24. The second-order valence-electron chi connectivity index (χ2n) is 3.68. The average molecular weight is 336 g/mol. The van der Waals surface area contributed by atoms with E-state index in [-0.39, 0.29) is 5.56 Å². The summed E-state index contributed by atoms with van der Waals surface area (Å²) in [7, 11) is 1.59. The van der Waals surface area contributed by atoms with Crippen molar-refractivity contribution in [2.24, 2.45) is 0 Å². The monoisotopic (exact) mass is 335 g/mol. The molecular weight excluding hydrogens is 327 g/mol.